The van der Waals surface area contributed by atoms with E-state index < -0.39 is 0 Å². The SMILES string of the molecule is CC1Cc2ccccc2N1Cc1occc1C(=O)Nc1ccc(N2CCNC2=O)cc1. The molecule has 2 aliphatic rings. The number of carbonyl (C=O) groups is 2. The third kappa shape index (κ3) is 3.63. The van der Waals surface area contributed by atoms with Crippen LogP contribution >= 0.6 is 0 Å². The molecule has 2 aromatic carbocycles. The van der Waals surface area contributed by atoms with Crippen molar-refractivity contribution in [2.75, 3.05) is 28.2 Å². The van der Waals surface area contributed by atoms with Gasteiger partial charge in [-0.25, -0.2) is 4.79 Å². The number of furan rings is 1. The molecule has 1 saturated heterocycles. The maximum Gasteiger partial charge on any atom is 0.321 e. The number of carbonyl (C=O) groups excluding carboxylic acids is 2. The lowest BCUT2D eigenvalue weighted by atomic mass is 10.1. The van der Waals surface area contributed by atoms with Crippen molar-refractivity contribution < 1.29 is 14.0 Å². The molecule has 0 aliphatic carbocycles. The number of fused-ring (bicyclic) bond motifs is 1. The third-order valence-corrected chi connectivity index (χ3v) is 5.95. The maximum absolute atomic E-state index is 12.9. The summed E-state index contributed by atoms with van der Waals surface area (Å²) in [5.74, 6) is 0.432. The predicted octanol–water partition coefficient (Wildman–Crippen LogP) is 4.01. The van der Waals surface area contributed by atoms with E-state index >= 15 is 0 Å². The topological polar surface area (TPSA) is 77.8 Å². The monoisotopic (exact) mass is 416 g/mol. The Hall–Kier alpha value is -3.74. The van der Waals surface area contributed by atoms with Crippen molar-refractivity contribution >= 4 is 29.0 Å². The first-order chi connectivity index (χ1) is 15.1. The molecule has 1 atom stereocenters. The number of nitrogens with one attached hydrogen (secondary N) is 2. The van der Waals surface area contributed by atoms with Gasteiger partial charge in [-0.1, -0.05) is 18.2 Å². The van der Waals surface area contributed by atoms with Gasteiger partial charge >= 0.3 is 6.03 Å². The van der Waals surface area contributed by atoms with E-state index in [9.17, 15) is 9.59 Å². The van der Waals surface area contributed by atoms with Crippen molar-refractivity contribution in [3.63, 3.8) is 0 Å². The van der Waals surface area contributed by atoms with E-state index in [0.717, 1.165) is 12.1 Å². The molecule has 0 spiro atoms. The highest BCUT2D eigenvalue weighted by Gasteiger charge is 2.28. The summed E-state index contributed by atoms with van der Waals surface area (Å²) in [6, 6.07) is 17.6. The molecule has 1 fully saturated rings. The number of hydrogen-bond acceptors (Lipinski definition) is 4. The van der Waals surface area contributed by atoms with Crippen LogP contribution < -0.4 is 20.4 Å². The Bertz CT molecular complexity index is 1120. The van der Waals surface area contributed by atoms with Crippen molar-refractivity contribution in [3.8, 4) is 0 Å². The zero-order chi connectivity index (χ0) is 21.4. The number of para-hydroxylation sites is 1. The second-order valence-corrected chi connectivity index (χ2v) is 7.95. The summed E-state index contributed by atoms with van der Waals surface area (Å²) < 4.78 is 5.69. The average molecular weight is 416 g/mol. The Labute approximate surface area is 180 Å². The van der Waals surface area contributed by atoms with Gasteiger partial charge in [-0.15, -0.1) is 0 Å². The lowest BCUT2D eigenvalue weighted by molar-refractivity contribution is 0.102. The minimum absolute atomic E-state index is 0.0995. The van der Waals surface area contributed by atoms with Gasteiger partial charge in [0.2, 0.25) is 0 Å². The highest BCUT2D eigenvalue weighted by atomic mass is 16.3. The average Bonchev–Trinajstić information content (AvgIpc) is 3.48. The van der Waals surface area contributed by atoms with E-state index in [1.165, 1.54) is 11.3 Å². The van der Waals surface area contributed by atoms with Crippen LogP contribution in [-0.2, 0) is 13.0 Å². The second-order valence-electron chi connectivity index (χ2n) is 7.95. The van der Waals surface area contributed by atoms with Gasteiger partial charge in [0.05, 0.1) is 18.4 Å². The Morgan fingerprint density at radius 1 is 1.16 bits per heavy atom. The lowest BCUT2D eigenvalue weighted by Gasteiger charge is -2.24. The number of hydrogen-bond donors (Lipinski definition) is 2. The van der Waals surface area contributed by atoms with Gasteiger partial charge in [-0.3, -0.25) is 9.69 Å². The summed E-state index contributed by atoms with van der Waals surface area (Å²) in [6.45, 7) is 4.00. The highest BCUT2D eigenvalue weighted by molar-refractivity contribution is 6.05. The van der Waals surface area contributed by atoms with E-state index in [0.29, 0.717) is 42.7 Å². The van der Waals surface area contributed by atoms with Crippen LogP contribution in [0.5, 0.6) is 0 Å². The molecule has 3 amide bonds. The standard InChI is InChI=1S/C24H24N4O3/c1-16-14-17-4-2-3-5-21(17)28(16)15-22-20(10-13-31-22)23(29)26-18-6-8-19(9-7-18)27-12-11-25-24(27)30/h2-10,13,16H,11-12,14-15H2,1H3,(H,25,30)(H,26,29). The van der Waals surface area contributed by atoms with E-state index in [4.69, 9.17) is 4.42 Å². The highest BCUT2D eigenvalue weighted by Crippen LogP contribution is 2.33. The second kappa shape index (κ2) is 7.83. The van der Waals surface area contributed by atoms with E-state index in [-0.39, 0.29) is 11.9 Å². The number of benzene rings is 2. The molecule has 1 aromatic heterocycles. The number of nitrogens with zero attached hydrogens (tertiary/aromatic N) is 2. The first-order valence-corrected chi connectivity index (χ1v) is 10.5. The van der Waals surface area contributed by atoms with E-state index in [1.54, 1.807) is 29.4 Å². The van der Waals surface area contributed by atoms with Crippen LogP contribution in [0.15, 0.2) is 65.3 Å². The van der Waals surface area contributed by atoms with Crippen LogP contribution in [0.1, 0.15) is 28.6 Å². The van der Waals surface area contributed by atoms with Gasteiger partial charge in [0, 0.05) is 36.2 Å². The molecule has 3 aromatic rings. The Morgan fingerprint density at radius 3 is 2.74 bits per heavy atom. The molecule has 0 bridgehead atoms. The van der Waals surface area contributed by atoms with Gasteiger partial charge < -0.3 is 20.0 Å². The number of anilines is 3. The van der Waals surface area contributed by atoms with Crippen LogP contribution in [0.25, 0.3) is 0 Å². The lowest BCUT2D eigenvalue weighted by Crippen LogP contribution is -2.29. The van der Waals surface area contributed by atoms with Crippen molar-refractivity contribution in [3.05, 3.63) is 77.7 Å². The van der Waals surface area contributed by atoms with Gasteiger partial charge in [-0.05, 0) is 55.3 Å². The molecule has 5 rings (SSSR count). The Balaban J connectivity index is 1.29. The molecule has 3 heterocycles. The fourth-order valence-corrected chi connectivity index (χ4v) is 4.33. The zero-order valence-corrected chi connectivity index (χ0v) is 17.3. The smallest absolute Gasteiger partial charge is 0.321 e. The summed E-state index contributed by atoms with van der Waals surface area (Å²) in [4.78, 5) is 28.7. The maximum atomic E-state index is 12.9. The summed E-state index contributed by atoms with van der Waals surface area (Å²) in [6.07, 6.45) is 2.55. The first kappa shape index (κ1) is 19.2. The summed E-state index contributed by atoms with van der Waals surface area (Å²) >= 11 is 0. The van der Waals surface area contributed by atoms with Crippen LogP contribution in [-0.4, -0.2) is 31.1 Å². The minimum atomic E-state index is -0.212. The molecule has 31 heavy (non-hydrogen) atoms. The number of rotatable bonds is 5. The Kier molecular flexibility index (Phi) is 4.86. The summed E-state index contributed by atoms with van der Waals surface area (Å²) in [5, 5.41) is 5.71. The van der Waals surface area contributed by atoms with Gasteiger partial charge in [-0.2, -0.15) is 0 Å². The third-order valence-electron chi connectivity index (χ3n) is 5.95. The molecule has 2 N–H and O–H groups in total. The van der Waals surface area contributed by atoms with Crippen LogP contribution in [0.4, 0.5) is 21.9 Å². The largest absolute Gasteiger partial charge is 0.467 e. The van der Waals surface area contributed by atoms with E-state index in [2.05, 4.69) is 40.7 Å². The molecule has 0 saturated carbocycles. The van der Waals surface area contributed by atoms with Gasteiger partial charge in [0.25, 0.3) is 5.91 Å². The molecule has 2 aliphatic heterocycles. The normalized spacial score (nSPS) is 17.6. The molecule has 0 radical (unpaired) electrons. The molecule has 158 valence electrons. The fraction of sp³-hybridized carbons (Fsp3) is 0.250. The van der Waals surface area contributed by atoms with Gasteiger partial charge in [0.15, 0.2) is 0 Å². The Morgan fingerprint density at radius 2 is 1.97 bits per heavy atom. The predicted molar refractivity (Wildman–Crippen MR) is 120 cm³/mol. The zero-order valence-electron chi connectivity index (χ0n) is 17.3. The number of amides is 3. The van der Waals surface area contributed by atoms with Crippen LogP contribution in [0, 0.1) is 0 Å². The molecular formula is C24H24N4O3. The van der Waals surface area contributed by atoms with Crippen molar-refractivity contribution in [1.29, 1.82) is 0 Å². The minimum Gasteiger partial charge on any atom is -0.467 e. The van der Waals surface area contributed by atoms with Crippen LogP contribution in [0.3, 0.4) is 0 Å². The molecule has 7 nitrogen and oxygen atoms in total. The van der Waals surface area contributed by atoms with Crippen molar-refractivity contribution in [2.24, 2.45) is 0 Å². The molecule has 1 unspecified atom stereocenters. The summed E-state index contributed by atoms with van der Waals surface area (Å²) in [7, 11) is 0. The van der Waals surface area contributed by atoms with E-state index in [1.807, 2.05) is 18.2 Å². The first-order valence-electron chi connectivity index (χ1n) is 10.5. The molecular weight excluding hydrogens is 392 g/mol. The fourth-order valence-electron chi connectivity index (χ4n) is 4.33. The van der Waals surface area contributed by atoms with Crippen molar-refractivity contribution in [1.82, 2.24) is 5.32 Å². The molecule has 7 heteroatoms. The van der Waals surface area contributed by atoms with Crippen LogP contribution in [0.2, 0.25) is 0 Å². The number of urea groups is 1. The van der Waals surface area contributed by atoms with Gasteiger partial charge in [0.1, 0.15) is 5.76 Å². The quantitative estimate of drug-likeness (QED) is 0.659. The summed E-state index contributed by atoms with van der Waals surface area (Å²) in [5.41, 5.74) is 4.51. The van der Waals surface area contributed by atoms with Crippen molar-refractivity contribution in [2.45, 2.75) is 25.9 Å².